The second-order valence-electron chi connectivity index (χ2n) is 9.78. The Kier molecular flexibility index (Phi) is 5.07. The third kappa shape index (κ3) is 3.56. The highest BCUT2D eigenvalue weighted by Gasteiger charge is 2.49. The summed E-state index contributed by atoms with van der Waals surface area (Å²) < 4.78 is 5.73. The molecule has 0 amide bonds. The average molecular weight is 470 g/mol. The number of H-pyrrole nitrogens is 1. The lowest BCUT2D eigenvalue weighted by atomic mass is 9.86. The predicted octanol–water partition coefficient (Wildman–Crippen LogP) is 4.55. The molecule has 8 heteroatoms. The molecule has 4 N–H and O–H groups in total. The van der Waals surface area contributed by atoms with Gasteiger partial charge in [0.05, 0.1) is 35.4 Å². The molecular weight excluding hydrogens is 438 g/mol. The number of nitrogens with zero attached hydrogens (tertiary/aromatic N) is 4. The maximum atomic E-state index is 6.52. The van der Waals surface area contributed by atoms with Crippen molar-refractivity contribution in [1.29, 1.82) is 0 Å². The number of likely N-dealkylation sites (N-methyl/N-ethyl adjacent to an activating group) is 1. The summed E-state index contributed by atoms with van der Waals surface area (Å²) in [5.41, 5.74) is 13.4. The van der Waals surface area contributed by atoms with Crippen LogP contribution in [0.4, 0.5) is 23.0 Å². The highest BCUT2D eigenvalue weighted by Crippen LogP contribution is 2.44. The number of rotatable bonds is 5. The van der Waals surface area contributed by atoms with E-state index < -0.39 is 0 Å². The number of nitrogen functional groups attached to an aromatic ring is 1. The van der Waals surface area contributed by atoms with Crippen molar-refractivity contribution in [2.24, 2.45) is 0 Å². The van der Waals surface area contributed by atoms with Gasteiger partial charge in [0.15, 0.2) is 0 Å². The number of anilines is 4. The summed E-state index contributed by atoms with van der Waals surface area (Å²) in [5, 5.41) is 4.47. The number of fused-ring (bicyclic) bond motifs is 1. The van der Waals surface area contributed by atoms with Crippen molar-refractivity contribution in [3.8, 4) is 17.0 Å². The van der Waals surface area contributed by atoms with Crippen molar-refractivity contribution in [2.45, 2.75) is 25.3 Å². The first-order valence-electron chi connectivity index (χ1n) is 12.1. The van der Waals surface area contributed by atoms with Crippen LogP contribution in [0.25, 0.3) is 22.2 Å². The van der Waals surface area contributed by atoms with E-state index in [0.29, 0.717) is 22.9 Å². The van der Waals surface area contributed by atoms with E-state index in [1.54, 1.807) is 13.3 Å². The summed E-state index contributed by atoms with van der Waals surface area (Å²) in [5.74, 6) is 1.21. The quantitative estimate of drug-likeness (QED) is 0.369. The molecule has 2 fully saturated rings. The van der Waals surface area contributed by atoms with Gasteiger partial charge in [0.25, 0.3) is 0 Å². The minimum Gasteiger partial charge on any atom is -0.494 e. The van der Waals surface area contributed by atoms with E-state index in [4.69, 9.17) is 15.5 Å². The smallest absolute Gasteiger partial charge is 0.227 e. The van der Waals surface area contributed by atoms with Crippen LogP contribution in [0, 0.1) is 6.92 Å². The van der Waals surface area contributed by atoms with Gasteiger partial charge in [-0.15, -0.1) is 0 Å². The first-order valence-corrected chi connectivity index (χ1v) is 12.1. The Bertz CT molecular complexity index is 1410. The number of aromatic amines is 1. The lowest BCUT2D eigenvalue weighted by Gasteiger charge is -2.53. The minimum atomic E-state index is 0.297. The molecule has 1 spiro atoms. The van der Waals surface area contributed by atoms with E-state index in [2.05, 4.69) is 51.2 Å². The average Bonchev–Trinajstić information content (AvgIpc) is 3.37. The maximum absolute atomic E-state index is 6.52. The lowest BCUT2D eigenvalue weighted by molar-refractivity contribution is 0.133. The number of hydrogen-bond donors (Lipinski definition) is 3. The molecule has 8 nitrogen and oxygen atoms in total. The zero-order chi connectivity index (χ0) is 24.2. The van der Waals surface area contributed by atoms with Crippen molar-refractivity contribution < 1.29 is 4.74 Å². The van der Waals surface area contributed by atoms with Crippen LogP contribution in [0.5, 0.6) is 5.75 Å². The molecule has 0 saturated carbocycles. The van der Waals surface area contributed by atoms with Crippen LogP contribution in [0.15, 0.2) is 48.7 Å². The Morgan fingerprint density at radius 2 is 2.00 bits per heavy atom. The summed E-state index contributed by atoms with van der Waals surface area (Å²) in [7, 11) is 3.91. The largest absolute Gasteiger partial charge is 0.494 e. The van der Waals surface area contributed by atoms with Crippen LogP contribution >= 0.6 is 0 Å². The van der Waals surface area contributed by atoms with Gasteiger partial charge in [-0.05, 0) is 51.6 Å². The number of nitrogens with two attached hydrogens (primary N) is 1. The molecule has 4 aromatic rings. The standard InChI is InChI=1S/C27H31N7O/c1-17-25(18-7-4-5-8-20(18)30-17)21-9-11-29-26(31-21)32-22-13-19(28)23(14-24(22)35-3)34-15-27(16-34)10-6-12-33(27)2/h4-5,7-9,11,13-14,30H,6,10,12,15-16,28H2,1-3H3,(H,29,31,32). The second-order valence-corrected chi connectivity index (χ2v) is 9.78. The molecule has 2 saturated heterocycles. The van der Waals surface area contributed by atoms with Gasteiger partial charge in [-0.3, -0.25) is 4.90 Å². The van der Waals surface area contributed by atoms with Gasteiger partial charge in [-0.2, -0.15) is 0 Å². The third-order valence-corrected chi connectivity index (χ3v) is 7.66. The van der Waals surface area contributed by atoms with Crippen molar-refractivity contribution in [2.75, 3.05) is 49.7 Å². The van der Waals surface area contributed by atoms with Crippen LogP contribution < -0.4 is 20.7 Å². The Hall–Kier alpha value is -3.78. The van der Waals surface area contributed by atoms with E-state index >= 15 is 0 Å². The number of ether oxygens (including phenoxy) is 1. The number of likely N-dealkylation sites (tertiary alicyclic amines) is 1. The van der Waals surface area contributed by atoms with E-state index in [9.17, 15) is 0 Å². The van der Waals surface area contributed by atoms with Gasteiger partial charge in [0, 0.05) is 47.5 Å². The number of hydrogen-bond acceptors (Lipinski definition) is 7. The molecular formula is C27H31N7O. The van der Waals surface area contributed by atoms with E-state index in [1.807, 2.05) is 30.3 Å². The summed E-state index contributed by atoms with van der Waals surface area (Å²) in [4.78, 5) is 17.6. The first-order chi connectivity index (χ1) is 17.0. The third-order valence-electron chi connectivity index (χ3n) is 7.66. The lowest BCUT2D eigenvalue weighted by Crippen LogP contribution is -2.67. The fraction of sp³-hybridized carbons (Fsp3) is 0.333. The zero-order valence-corrected chi connectivity index (χ0v) is 20.4. The van der Waals surface area contributed by atoms with Crippen molar-refractivity contribution in [3.05, 3.63) is 54.4 Å². The second kappa shape index (κ2) is 8.16. The van der Waals surface area contributed by atoms with Gasteiger partial charge >= 0.3 is 0 Å². The molecule has 2 aliphatic heterocycles. The van der Waals surface area contributed by atoms with Gasteiger partial charge in [-0.1, -0.05) is 18.2 Å². The molecule has 4 heterocycles. The number of para-hydroxylation sites is 1. The van der Waals surface area contributed by atoms with Crippen molar-refractivity contribution in [3.63, 3.8) is 0 Å². The Morgan fingerprint density at radius 3 is 2.77 bits per heavy atom. The number of benzene rings is 2. The van der Waals surface area contributed by atoms with Crippen LogP contribution in [0.3, 0.4) is 0 Å². The van der Waals surface area contributed by atoms with Crippen LogP contribution in [0.2, 0.25) is 0 Å². The molecule has 2 aromatic carbocycles. The molecule has 0 bridgehead atoms. The van der Waals surface area contributed by atoms with Gasteiger partial charge < -0.3 is 25.7 Å². The molecule has 6 rings (SSSR count). The van der Waals surface area contributed by atoms with Crippen LogP contribution in [0.1, 0.15) is 18.5 Å². The topological polar surface area (TPSA) is 95.3 Å². The maximum Gasteiger partial charge on any atom is 0.227 e. The van der Waals surface area contributed by atoms with Gasteiger partial charge in [0.2, 0.25) is 5.95 Å². The van der Waals surface area contributed by atoms with E-state index in [1.165, 1.54) is 19.4 Å². The number of methoxy groups -OCH3 is 1. The number of nitrogens with one attached hydrogen (secondary N) is 2. The molecule has 2 aliphatic rings. The molecule has 0 radical (unpaired) electrons. The molecule has 35 heavy (non-hydrogen) atoms. The fourth-order valence-electron chi connectivity index (χ4n) is 5.72. The summed E-state index contributed by atoms with van der Waals surface area (Å²) in [6, 6.07) is 14.1. The fourth-order valence-corrected chi connectivity index (χ4v) is 5.72. The molecule has 2 aromatic heterocycles. The predicted molar refractivity (Wildman–Crippen MR) is 142 cm³/mol. The van der Waals surface area contributed by atoms with E-state index in [0.717, 1.165) is 52.3 Å². The normalized spacial score (nSPS) is 17.2. The SMILES string of the molecule is COc1cc(N2CC3(CCCN3C)C2)c(N)cc1Nc1nccc(-c2c(C)[nH]c3ccccc23)n1. The van der Waals surface area contributed by atoms with Crippen molar-refractivity contribution >= 4 is 33.9 Å². The molecule has 0 unspecified atom stereocenters. The van der Waals surface area contributed by atoms with Gasteiger partial charge in [-0.25, -0.2) is 9.97 Å². The number of aromatic nitrogens is 3. The van der Waals surface area contributed by atoms with Crippen molar-refractivity contribution in [1.82, 2.24) is 19.9 Å². The van der Waals surface area contributed by atoms with Gasteiger partial charge in [0.1, 0.15) is 5.75 Å². The molecule has 180 valence electrons. The Balaban J connectivity index is 1.28. The zero-order valence-electron chi connectivity index (χ0n) is 20.4. The minimum absolute atomic E-state index is 0.297. The number of aryl methyl sites for hydroxylation is 1. The summed E-state index contributed by atoms with van der Waals surface area (Å²) in [6.45, 7) is 5.24. The first kappa shape index (κ1) is 21.7. The molecule has 0 aliphatic carbocycles. The van der Waals surface area contributed by atoms with Crippen LogP contribution in [-0.4, -0.2) is 59.2 Å². The Morgan fingerprint density at radius 1 is 1.17 bits per heavy atom. The highest BCUT2D eigenvalue weighted by molar-refractivity contribution is 5.96. The monoisotopic (exact) mass is 469 g/mol. The highest BCUT2D eigenvalue weighted by atomic mass is 16.5. The Labute approximate surface area is 205 Å². The summed E-state index contributed by atoms with van der Waals surface area (Å²) >= 11 is 0. The molecule has 0 atom stereocenters. The van der Waals surface area contributed by atoms with Crippen LogP contribution in [-0.2, 0) is 0 Å². The summed E-state index contributed by atoms with van der Waals surface area (Å²) in [6.07, 6.45) is 4.29. The van der Waals surface area contributed by atoms with E-state index in [-0.39, 0.29) is 0 Å².